The van der Waals surface area contributed by atoms with Gasteiger partial charge in [-0.15, -0.1) is 0 Å². The number of hydrogen-bond acceptors (Lipinski definition) is 2. The van der Waals surface area contributed by atoms with E-state index >= 15 is 0 Å². The van der Waals surface area contributed by atoms with E-state index in [9.17, 15) is 4.79 Å². The van der Waals surface area contributed by atoms with Crippen LogP contribution in [0.5, 0.6) is 5.75 Å². The maximum atomic E-state index is 11.3. The molecular formula is C13H16O2. The number of ether oxygens (including phenoxy) is 1. The molecule has 0 radical (unpaired) electrons. The van der Waals surface area contributed by atoms with E-state index in [2.05, 4.69) is 0 Å². The van der Waals surface area contributed by atoms with E-state index in [1.807, 2.05) is 44.2 Å². The molecule has 0 spiro atoms. The molecule has 0 bridgehead atoms. The lowest BCUT2D eigenvalue weighted by molar-refractivity contribution is -0.115. The SMILES string of the molecule is CCC(=O)/C(C)=C/c1ccc(OC)cc1. The highest BCUT2D eigenvalue weighted by Gasteiger charge is 2.00. The zero-order chi connectivity index (χ0) is 11.3. The molecule has 0 saturated heterocycles. The van der Waals surface area contributed by atoms with Gasteiger partial charge in [0, 0.05) is 6.42 Å². The fourth-order valence-corrected chi connectivity index (χ4v) is 1.31. The van der Waals surface area contributed by atoms with Crippen LogP contribution in [0.1, 0.15) is 25.8 Å². The van der Waals surface area contributed by atoms with Crippen LogP contribution in [0, 0.1) is 0 Å². The Balaban J connectivity index is 2.84. The highest BCUT2D eigenvalue weighted by atomic mass is 16.5. The van der Waals surface area contributed by atoms with Crippen LogP contribution in [-0.2, 0) is 4.79 Å². The molecule has 2 nitrogen and oxygen atoms in total. The summed E-state index contributed by atoms with van der Waals surface area (Å²) in [6, 6.07) is 7.64. The predicted molar refractivity (Wildman–Crippen MR) is 61.9 cm³/mol. The number of rotatable bonds is 4. The highest BCUT2D eigenvalue weighted by molar-refractivity contribution is 5.98. The van der Waals surface area contributed by atoms with Crippen molar-refractivity contribution in [2.45, 2.75) is 20.3 Å². The van der Waals surface area contributed by atoms with Crippen LogP contribution in [0.3, 0.4) is 0 Å². The first-order chi connectivity index (χ1) is 7.17. The maximum Gasteiger partial charge on any atom is 0.158 e. The summed E-state index contributed by atoms with van der Waals surface area (Å²) in [6.07, 6.45) is 2.45. The van der Waals surface area contributed by atoms with E-state index in [-0.39, 0.29) is 5.78 Å². The van der Waals surface area contributed by atoms with Gasteiger partial charge in [0.15, 0.2) is 5.78 Å². The standard InChI is InChI=1S/C13H16O2/c1-4-13(14)10(2)9-11-5-7-12(15-3)8-6-11/h5-9H,4H2,1-3H3/b10-9+. The van der Waals surface area contributed by atoms with Gasteiger partial charge < -0.3 is 4.74 Å². The summed E-state index contributed by atoms with van der Waals surface area (Å²) >= 11 is 0. The molecule has 0 heterocycles. The van der Waals surface area contributed by atoms with Crippen LogP contribution in [-0.4, -0.2) is 12.9 Å². The zero-order valence-electron chi connectivity index (χ0n) is 9.41. The molecule has 0 aliphatic carbocycles. The van der Waals surface area contributed by atoms with Gasteiger partial charge in [0.1, 0.15) is 5.75 Å². The second-order valence-electron chi connectivity index (χ2n) is 3.38. The molecular weight excluding hydrogens is 188 g/mol. The van der Waals surface area contributed by atoms with E-state index in [1.54, 1.807) is 7.11 Å². The van der Waals surface area contributed by atoms with Gasteiger partial charge in [-0.3, -0.25) is 4.79 Å². The first kappa shape index (κ1) is 11.5. The predicted octanol–water partition coefficient (Wildman–Crippen LogP) is 3.08. The van der Waals surface area contributed by atoms with Gasteiger partial charge in [-0.2, -0.15) is 0 Å². The molecule has 0 atom stereocenters. The van der Waals surface area contributed by atoms with Crippen LogP contribution >= 0.6 is 0 Å². The first-order valence-electron chi connectivity index (χ1n) is 5.03. The molecule has 1 aromatic carbocycles. The van der Waals surface area contributed by atoms with Crippen molar-refractivity contribution >= 4 is 11.9 Å². The van der Waals surface area contributed by atoms with Gasteiger partial charge in [0.05, 0.1) is 7.11 Å². The summed E-state index contributed by atoms with van der Waals surface area (Å²) in [5, 5.41) is 0. The molecule has 0 fully saturated rings. The average Bonchev–Trinajstić information content (AvgIpc) is 2.29. The van der Waals surface area contributed by atoms with Crippen LogP contribution in [0.4, 0.5) is 0 Å². The number of carbonyl (C=O) groups is 1. The third kappa shape index (κ3) is 3.24. The maximum absolute atomic E-state index is 11.3. The van der Waals surface area contributed by atoms with E-state index in [4.69, 9.17) is 4.74 Å². The van der Waals surface area contributed by atoms with Gasteiger partial charge >= 0.3 is 0 Å². The topological polar surface area (TPSA) is 26.3 Å². The molecule has 0 aromatic heterocycles. The molecule has 0 unspecified atom stereocenters. The van der Waals surface area contributed by atoms with E-state index < -0.39 is 0 Å². The van der Waals surface area contributed by atoms with Crippen molar-refractivity contribution in [1.82, 2.24) is 0 Å². The Labute approximate surface area is 90.6 Å². The lowest BCUT2D eigenvalue weighted by atomic mass is 10.1. The van der Waals surface area contributed by atoms with Gasteiger partial charge in [-0.1, -0.05) is 19.1 Å². The summed E-state index contributed by atoms with van der Waals surface area (Å²) in [5.74, 6) is 1.01. The monoisotopic (exact) mass is 204 g/mol. The normalized spacial score (nSPS) is 11.3. The van der Waals surface area contributed by atoms with Gasteiger partial charge in [0.2, 0.25) is 0 Å². The Kier molecular flexibility index (Phi) is 4.10. The highest BCUT2D eigenvalue weighted by Crippen LogP contribution is 2.14. The Morgan fingerprint density at radius 1 is 1.33 bits per heavy atom. The minimum atomic E-state index is 0.186. The number of Topliss-reactive ketones (excluding diaryl/α,β-unsaturated/α-hetero) is 1. The van der Waals surface area contributed by atoms with E-state index in [1.165, 1.54) is 0 Å². The molecule has 0 N–H and O–H groups in total. The molecule has 1 rings (SSSR count). The Morgan fingerprint density at radius 3 is 2.40 bits per heavy atom. The largest absolute Gasteiger partial charge is 0.497 e. The minimum Gasteiger partial charge on any atom is -0.497 e. The second-order valence-corrected chi connectivity index (χ2v) is 3.38. The Bertz CT molecular complexity index is 361. The molecule has 1 aromatic rings. The molecule has 0 aliphatic rings. The Hall–Kier alpha value is -1.57. The van der Waals surface area contributed by atoms with Gasteiger partial charge in [0.25, 0.3) is 0 Å². The number of allylic oxidation sites excluding steroid dienone is 1. The molecule has 0 aliphatic heterocycles. The van der Waals surface area contributed by atoms with Crippen molar-refractivity contribution in [3.8, 4) is 5.75 Å². The third-order valence-corrected chi connectivity index (χ3v) is 2.26. The fourth-order valence-electron chi connectivity index (χ4n) is 1.31. The quantitative estimate of drug-likeness (QED) is 0.704. The fraction of sp³-hybridized carbons (Fsp3) is 0.308. The number of ketones is 1. The number of carbonyl (C=O) groups excluding carboxylic acids is 1. The van der Waals surface area contributed by atoms with Gasteiger partial charge in [-0.05, 0) is 36.3 Å². The number of hydrogen-bond donors (Lipinski definition) is 0. The first-order valence-corrected chi connectivity index (χ1v) is 5.03. The Morgan fingerprint density at radius 2 is 1.93 bits per heavy atom. The van der Waals surface area contributed by atoms with Crippen molar-refractivity contribution in [3.05, 3.63) is 35.4 Å². The van der Waals surface area contributed by atoms with Crippen LogP contribution in [0.2, 0.25) is 0 Å². The van der Waals surface area contributed by atoms with Crippen molar-refractivity contribution in [1.29, 1.82) is 0 Å². The third-order valence-electron chi connectivity index (χ3n) is 2.26. The van der Waals surface area contributed by atoms with Crippen LogP contribution in [0.15, 0.2) is 29.8 Å². The van der Waals surface area contributed by atoms with E-state index in [0.29, 0.717) is 6.42 Å². The van der Waals surface area contributed by atoms with Gasteiger partial charge in [-0.25, -0.2) is 0 Å². The average molecular weight is 204 g/mol. The smallest absolute Gasteiger partial charge is 0.158 e. The second kappa shape index (κ2) is 5.35. The molecule has 80 valence electrons. The van der Waals surface area contributed by atoms with Crippen molar-refractivity contribution in [2.75, 3.05) is 7.11 Å². The summed E-state index contributed by atoms with van der Waals surface area (Å²) < 4.78 is 5.06. The van der Waals surface area contributed by atoms with Crippen molar-refractivity contribution < 1.29 is 9.53 Å². The summed E-state index contributed by atoms with van der Waals surface area (Å²) in [4.78, 5) is 11.3. The van der Waals surface area contributed by atoms with Crippen LogP contribution in [0.25, 0.3) is 6.08 Å². The van der Waals surface area contributed by atoms with Crippen LogP contribution < -0.4 is 4.74 Å². The minimum absolute atomic E-state index is 0.186. The summed E-state index contributed by atoms with van der Waals surface area (Å²) in [7, 11) is 1.64. The molecule has 0 amide bonds. The van der Waals surface area contributed by atoms with Crippen molar-refractivity contribution in [2.24, 2.45) is 0 Å². The zero-order valence-corrected chi connectivity index (χ0v) is 9.41. The number of benzene rings is 1. The molecule has 15 heavy (non-hydrogen) atoms. The van der Waals surface area contributed by atoms with E-state index in [0.717, 1.165) is 16.9 Å². The number of methoxy groups -OCH3 is 1. The lowest BCUT2D eigenvalue weighted by Crippen LogP contribution is -1.95. The summed E-state index contributed by atoms with van der Waals surface area (Å²) in [6.45, 7) is 3.71. The lowest BCUT2D eigenvalue weighted by Gasteiger charge is -2.01. The van der Waals surface area contributed by atoms with Crippen molar-refractivity contribution in [3.63, 3.8) is 0 Å². The summed E-state index contributed by atoms with van der Waals surface area (Å²) in [5.41, 5.74) is 1.82. The molecule has 0 saturated carbocycles. The molecule has 2 heteroatoms.